The maximum Gasteiger partial charge on any atom is 3.00 e. The van der Waals surface area contributed by atoms with Crippen LogP contribution in [0, 0.1) is 0 Å². The molecule has 1 aromatic rings. The van der Waals surface area contributed by atoms with Crippen molar-refractivity contribution in [1.29, 1.82) is 0 Å². The maximum atomic E-state index is 8.24. The van der Waals surface area contributed by atoms with Gasteiger partial charge in [0.25, 0.3) is 0 Å². The van der Waals surface area contributed by atoms with Gasteiger partial charge in [-0.2, -0.15) is 0 Å². The zero-order valence-electron chi connectivity index (χ0n) is 7.94. The van der Waals surface area contributed by atoms with Crippen molar-refractivity contribution in [2.45, 2.75) is 0 Å². The summed E-state index contributed by atoms with van der Waals surface area (Å²) in [7, 11) is 0. The van der Waals surface area contributed by atoms with Crippen LogP contribution in [0.4, 0.5) is 0 Å². The van der Waals surface area contributed by atoms with Crippen molar-refractivity contribution in [3.8, 4) is 0 Å². The molecule has 0 aromatic heterocycles. The minimum atomic E-state index is 0. The van der Waals surface area contributed by atoms with Crippen LogP contribution in [0.15, 0.2) is 36.4 Å². The summed E-state index contributed by atoms with van der Waals surface area (Å²) in [6.45, 7) is 1.50. The second-order valence-electron chi connectivity index (χ2n) is 1.43. The fraction of sp³-hybridized carbons (Fsp3) is 0. The summed E-state index contributed by atoms with van der Waals surface area (Å²) in [6.07, 6.45) is 0. The van der Waals surface area contributed by atoms with E-state index in [0.29, 0.717) is 19.4 Å². The Morgan fingerprint density at radius 2 is 0.625 bits per heavy atom. The molecule has 0 atom stereocenters. The minimum absolute atomic E-state index is 0. The molecule has 6 nitrogen and oxygen atoms in total. The van der Waals surface area contributed by atoms with Crippen molar-refractivity contribution in [2.75, 3.05) is 0 Å². The third-order valence-corrected chi connectivity index (χ3v) is 0.667. The molecule has 1 aromatic carbocycles. The van der Waals surface area contributed by atoms with E-state index in [1.54, 1.807) is 0 Å². The SMILES string of the molecule is O=[C-]O.O=[C-]O.O=[C-]O.[Cr+3].c1ccccc1. The number of aliphatic hydroxyl groups excluding tert-OH is 3. The van der Waals surface area contributed by atoms with Crippen LogP contribution in [0.3, 0.4) is 0 Å². The molecule has 1 radical (unpaired) electrons. The van der Waals surface area contributed by atoms with Crippen LogP contribution in [-0.4, -0.2) is 34.7 Å². The Hall–Kier alpha value is -1.84. The second kappa shape index (κ2) is 38.0. The zero-order chi connectivity index (χ0) is 12.4. The molecule has 0 saturated carbocycles. The Balaban J connectivity index is -0.0000000637. The van der Waals surface area contributed by atoms with Gasteiger partial charge in [0.2, 0.25) is 0 Å². The van der Waals surface area contributed by atoms with Crippen LogP contribution in [0.25, 0.3) is 0 Å². The van der Waals surface area contributed by atoms with E-state index < -0.39 is 0 Å². The van der Waals surface area contributed by atoms with E-state index in [2.05, 4.69) is 0 Å². The van der Waals surface area contributed by atoms with Crippen LogP contribution < -0.4 is 0 Å². The summed E-state index contributed by atoms with van der Waals surface area (Å²) in [4.78, 5) is 24.7. The molecular weight excluding hydrogens is 256 g/mol. The first-order valence-corrected chi connectivity index (χ1v) is 3.28. The summed E-state index contributed by atoms with van der Waals surface area (Å²) in [5.41, 5.74) is 0. The average molecular weight is 265 g/mol. The molecule has 0 aliphatic carbocycles. The molecule has 0 heterocycles. The third kappa shape index (κ3) is 87.5. The van der Waals surface area contributed by atoms with Gasteiger partial charge in [-0.1, -0.05) is 55.8 Å². The molecule has 0 unspecified atom stereocenters. The first kappa shape index (κ1) is 23.8. The van der Waals surface area contributed by atoms with Crippen molar-refractivity contribution < 1.29 is 47.1 Å². The van der Waals surface area contributed by atoms with E-state index in [1.807, 2.05) is 36.4 Å². The van der Waals surface area contributed by atoms with Gasteiger partial charge in [-0.3, -0.25) is 0 Å². The summed E-state index contributed by atoms with van der Waals surface area (Å²) >= 11 is 0. The van der Waals surface area contributed by atoms with Crippen LogP contribution in [0.1, 0.15) is 0 Å². The third-order valence-electron chi connectivity index (χ3n) is 0.667. The van der Waals surface area contributed by atoms with Gasteiger partial charge >= 0.3 is 17.4 Å². The second-order valence-corrected chi connectivity index (χ2v) is 1.43. The summed E-state index contributed by atoms with van der Waals surface area (Å²) in [5.74, 6) is 0. The Bertz CT molecular complexity index is 176. The molecule has 0 saturated heterocycles. The molecule has 0 bridgehead atoms. The topological polar surface area (TPSA) is 112 Å². The van der Waals surface area contributed by atoms with E-state index >= 15 is 0 Å². The van der Waals surface area contributed by atoms with Crippen LogP contribution in [0.5, 0.6) is 0 Å². The normalized spacial score (nSPS) is 5.25. The first-order chi connectivity index (χ1) is 7.24. The van der Waals surface area contributed by atoms with Crippen LogP contribution in [-0.2, 0) is 31.7 Å². The van der Waals surface area contributed by atoms with Gasteiger partial charge in [-0.15, -0.1) is 0 Å². The number of benzene rings is 1. The molecule has 7 heteroatoms. The molecule has 0 amide bonds. The predicted octanol–water partition coefficient (Wildman–Crippen LogP) is 0.519. The fourth-order valence-electron chi connectivity index (χ4n) is 0.385. The number of hydrogen-bond acceptors (Lipinski definition) is 3. The Labute approximate surface area is 103 Å². The van der Waals surface area contributed by atoms with Gasteiger partial charge in [0, 0.05) is 0 Å². The monoisotopic (exact) mass is 265 g/mol. The molecule has 3 N–H and O–H groups in total. The zero-order valence-corrected chi connectivity index (χ0v) is 9.21. The Kier molecular flexibility index (Phi) is 56.4. The predicted molar refractivity (Wildman–Crippen MR) is 51.4 cm³/mol. The van der Waals surface area contributed by atoms with Crippen molar-refractivity contribution in [2.24, 2.45) is 0 Å². The molecular formula is C9H9CrO6. The van der Waals surface area contributed by atoms with Crippen molar-refractivity contribution in [1.82, 2.24) is 0 Å². The minimum Gasteiger partial charge on any atom is -0.665 e. The maximum absolute atomic E-state index is 8.24. The Morgan fingerprint density at radius 3 is 0.688 bits per heavy atom. The molecule has 0 aliphatic heterocycles. The quantitative estimate of drug-likeness (QED) is 0.589. The smallest absolute Gasteiger partial charge is 0.665 e. The van der Waals surface area contributed by atoms with Gasteiger partial charge < -0.3 is 29.7 Å². The van der Waals surface area contributed by atoms with Gasteiger partial charge in [0.1, 0.15) is 0 Å². The van der Waals surface area contributed by atoms with Crippen molar-refractivity contribution in [3.05, 3.63) is 36.4 Å². The van der Waals surface area contributed by atoms with Gasteiger partial charge in [-0.05, 0) is 0 Å². The summed E-state index contributed by atoms with van der Waals surface area (Å²) < 4.78 is 0. The molecule has 0 spiro atoms. The van der Waals surface area contributed by atoms with Crippen LogP contribution in [0.2, 0.25) is 0 Å². The standard InChI is InChI=1S/C6H6.3CHO2.Cr/c1-2-4-6-5-3-1;3*2-1-3;/h1-6H;3*(H,2,3);/q;3*-1;+3. The van der Waals surface area contributed by atoms with Gasteiger partial charge in [0.05, 0.1) is 0 Å². The van der Waals surface area contributed by atoms with E-state index in [0.717, 1.165) is 0 Å². The fourth-order valence-corrected chi connectivity index (χ4v) is 0.385. The largest absolute Gasteiger partial charge is 3.00 e. The summed E-state index contributed by atoms with van der Waals surface area (Å²) in [5, 5.41) is 20.3. The summed E-state index contributed by atoms with van der Waals surface area (Å²) in [6, 6.07) is 12.0. The van der Waals surface area contributed by atoms with Gasteiger partial charge in [0.15, 0.2) is 0 Å². The number of rotatable bonds is 0. The molecule has 0 fully saturated rings. The van der Waals surface area contributed by atoms with E-state index in [4.69, 9.17) is 29.7 Å². The van der Waals surface area contributed by atoms with E-state index in [-0.39, 0.29) is 17.4 Å². The Morgan fingerprint density at radius 1 is 0.562 bits per heavy atom. The van der Waals surface area contributed by atoms with Crippen LogP contribution >= 0.6 is 0 Å². The van der Waals surface area contributed by atoms with Gasteiger partial charge in [-0.25, -0.2) is 0 Å². The molecule has 87 valence electrons. The average Bonchev–Trinajstić information content (AvgIpc) is 2.24. The molecule has 16 heavy (non-hydrogen) atoms. The first-order valence-electron chi connectivity index (χ1n) is 3.28. The van der Waals surface area contributed by atoms with E-state index in [9.17, 15) is 0 Å². The molecule has 1 rings (SSSR count). The van der Waals surface area contributed by atoms with Crippen molar-refractivity contribution >= 4 is 19.4 Å². The van der Waals surface area contributed by atoms with Crippen molar-refractivity contribution in [3.63, 3.8) is 0 Å². The number of hydrogen-bond donors (Lipinski definition) is 3. The van der Waals surface area contributed by atoms with E-state index in [1.165, 1.54) is 0 Å². The molecule has 0 aliphatic rings.